The maximum atomic E-state index is 13.2. The minimum absolute atomic E-state index is 0.0171. The third kappa shape index (κ3) is 19.8. The van der Waals surface area contributed by atoms with E-state index in [1.165, 1.54) is 57.7 Å². The fourth-order valence-electron chi connectivity index (χ4n) is 12.0. The number of Topliss-reactive ketones (excluding diaryl/α,β-unsaturated/α-hetero) is 1. The van der Waals surface area contributed by atoms with Gasteiger partial charge in [-0.05, 0) is 106 Å². The highest BCUT2D eigenvalue weighted by atomic mass is 31.3. The molecule has 2 aromatic heterocycles. The molecule has 5 aromatic rings. The molecule has 516 valence electrons. The van der Waals surface area contributed by atoms with E-state index in [2.05, 4.69) is 171 Å². The van der Waals surface area contributed by atoms with E-state index in [1.54, 1.807) is 22.8 Å². The van der Waals surface area contributed by atoms with E-state index < -0.39 is 60.1 Å². The number of aromatic nitrogens is 2. The number of nitrogens with zero attached hydrogens (tertiary/aromatic N) is 6. The molecule has 31 heteroatoms. The third-order valence-electron chi connectivity index (χ3n) is 16.5. The maximum absolute atomic E-state index is 13.2. The van der Waals surface area contributed by atoms with Gasteiger partial charge < -0.3 is 74.2 Å². The number of amides is 2. The fourth-order valence-corrected chi connectivity index (χ4v) is 15.0. The molecule has 1 fully saturated rings. The van der Waals surface area contributed by atoms with E-state index in [-0.39, 0.29) is 91.1 Å². The average Bonchev–Trinajstić information content (AvgIpc) is 1.60. The Bertz CT molecular complexity index is 4090. The number of phosphoric ester groups is 1. The van der Waals surface area contributed by atoms with Gasteiger partial charge in [-0.1, -0.05) is 110 Å². The van der Waals surface area contributed by atoms with E-state index in [9.17, 15) is 48.2 Å². The number of ketones is 1. The lowest BCUT2D eigenvalue weighted by atomic mass is 9.80. The van der Waals surface area contributed by atoms with Gasteiger partial charge in [-0.15, -0.1) is 0 Å². The van der Waals surface area contributed by atoms with Gasteiger partial charge in [0.25, 0.3) is 11.5 Å². The van der Waals surface area contributed by atoms with E-state index in [1.807, 2.05) is 0 Å². The molecule has 0 spiro atoms. The predicted molar refractivity (Wildman–Crippen MR) is 361 cm³/mol. The second-order valence-electron chi connectivity index (χ2n) is 24.4. The highest BCUT2D eigenvalue weighted by Crippen LogP contribution is 2.66. The first-order chi connectivity index (χ1) is 45.5. The van der Waals surface area contributed by atoms with E-state index in [0.717, 1.165) is 25.9 Å². The summed E-state index contributed by atoms with van der Waals surface area (Å²) in [5.74, 6) is 5.18. The van der Waals surface area contributed by atoms with Crippen LogP contribution in [-0.2, 0) is 61.5 Å². The number of rotatable bonds is 33. The number of nitrogens with one attached hydrogen (secondary N) is 3. The lowest BCUT2D eigenvalue weighted by Crippen LogP contribution is -2.39. The minimum atomic E-state index is -5.72. The molecular formula is C65H83N10O18P3. The average molecular weight is 1390 g/mol. The number of likely N-dealkylation sites (N-methyl/N-ethyl adjacent to an activating group) is 1. The number of anilines is 3. The number of carbonyl (C=O) groups excluding carboxylic acids is 3. The number of nitrogen functional groups attached to an aromatic ring is 1. The number of hydrogen-bond donors (Lipinski definition) is 8. The minimum Gasteiger partial charge on any atom is -0.491 e. The Hall–Kier alpha value is -7.66. The largest absolute Gasteiger partial charge is 0.491 e. The summed E-state index contributed by atoms with van der Waals surface area (Å²) in [5.41, 5.74) is 24.0. The standard InChI is InChI=1S/C65H83N10O18P3/c1-8-73-52-27-24-43(2)35-50(52)64(4,5)55(73)22-10-9-11-23-56-65(6,7)51-36-44(3)25-28-53(51)74(56)32-13-12-19-47(76)20-16-31-69-62(78)45-17-14-21-48(37-45)89-42-59(71-72-67)88-34-33-87-41-58(77)68-30-15-18-46-39-75(54-38-57(66)70-63(79)61(46)54)60-29-26-49(91-60)40-90-95(83,84)93-96(85,86)92-94(80,81)82/h9-11,14,17,21-25,27-28,35-39,49,55,59-60H,8,12-13,16,19-20,26,29-34,40-42H2,1-7H3,(H,68,77)(H,69,78)(H,83,84)(H,85,86)(H3,66,70,79)(H2,80,81,82)/b11-9+,22-10+,56-23+/t49-,55?,59?,60+/m0/s1. The molecule has 3 aliphatic rings. The number of H-pyrrole nitrogens is 1. The number of phosphoric acid groups is 3. The number of benzene rings is 3. The molecule has 5 heterocycles. The summed E-state index contributed by atoms with van der Waals surface area (Å²) in [5, 5.41) is 9.21. The number of carbonyl (C=O) groups is 3. The van der Waals surface area contributed by atoms with Gasteiger partial charge in [-0.3, -0.25) is 23.7 Å². The number of hydrogen-bond acceptors (Lipinski definition) is 18. The first-order valence-electron chi connectivity index (χ1n) is 31.3. The van der Waals surface area contributed by atoms with Crippen molar-refractivity contribution in [2.24, 2.45) is 5.11 Å². The number of ether oxygens (including phenoxy) is 4. The number of aromatic amines is 1. The monoisotopic (exact) mass is 1380 g/mol. The summed E-state index contributed by atoms with van der Waals surface area (Å²) in [6.45, 7) is 16.1. The molecule has 96 heavy (non-hydrogen) atoms. The van der Waals surface area contributed by atoms with Gasteiger partial charge in [0.1, 0.15) is 36.8 Å². The summed E-state index contributed by atoms with van der Waals surface area (Å²) in [4.78, 5) is 98.9. The number of aryl methyl sites for hydroxylation is 2. The number of allylic oxidation sites excluding steroid dienone is 5. The van der Waals surface area contributed by atoms with Crippen LogP contribution in [0.1, 0.15) is 124 Å². The van der Waals surface area contributed by atoms with Crippen molar-refractivity contribution in [2.45, 2.75) is 129 Å². The molecule has 1 saturated heterocycles. The molecule has 4 unspecified atom stereocenters. The molecule has 0 radical (unpaired) electrons. The Morgan fingerprint density at radius 1 is 0.906 bits per heavy atom. The molecule has 6 atom stereocenters. The first kappa shape index (κ1) is 74.1. The first-order valence-corrected chi connectivity index (χ1v) is 35.8. The van der Waals surface area contributed by atoms with Crippen LogP contribution in [0.4, 0.5) is 17.2 Å². The molecule has 0 saturated carbocycles. The van der Waals surface area contributed by atoms with Crippen LogP contribution in [0.3, 0.4) is 0 Å². The molecule has 3 aromatic carbocycles. The number of unbranched alkanes of at least 4 members (excludes halogenated alkanes) is 1. The van der Waals surface area contributed by atoms with Crippen molar-refractivity contribution < 1.29 is 79.7 Å². The quantitative estimate of drug-likeness (QED) is 0.00368. The van der Waals surface area contributed by atoms with Gasteiger partial charge in [0.05, 0.1) is 55.0 Å². The normalized spacial score (nSPS) is 19.2. The Labute approximate surface area is 556 Å². The SMILES string of the molecule is CCN1c2ccc(C)cc2C(C)(C)C1/C=C/C=C/C=C1/N(CCCCC(=O)CCCNC(=O)c2cccc(OCC(N=[N+]=[N-])OCCOCC(=O)NCC#Cc3cn([C@H]4CC[C@@H](COP(=O)(O)OP(=O)(O)OP(=O)(O)O)O4)c4cc(N)[nH]c(=O)c34)c2)c2ccc(C)cc2C1(C)C. The summed E-state index contributed by atoms with van der Waals surface area (Å²) < 4.78 is 71.4. The van der Waals surface area contributed by atoms with Gasteiger partial charge in [-0.2, -0.15) is 8.62 Å². The van der Waals surface area contributed by atoms with Crippen LogP contribution >= 0.6 is 23.5 Å². The Kier molecular flexibility index (Phi) is 25.2. The summed E-state index contributed by atoms with van der Waals surface area (Å²) in [6.07, 6.45) is 13.0. The van der Waals surface area contributed by atoms with Crippen molar-refractivity contribution in [2.75, 3.05) is 74.7 Å². The van der Waals surface area contributed by atoms with Gasteiger partial charge in [0.2, 0.25) is 5.91 Å². The van der Waals surface area contributed by atoms with Crippen molar-refractivity contribution in [3.05, 3.63) is 163 Å². The van der Waals surface area contributed by atoms with Gasteiger partial charge in [0.15, 0.2) is 6.23 Å². The number of azide groups is 1. The van der Waals surface area contributed by atoms with Crippen LogP contribution in [0.5, 0.6) is 5.75 Å². The third-order valence-corrected chi connectivity index (χ3v) is 20.3. The molecule has 3 aliphatic heterocycles. The summed E-state index contributed by atoms with van der Waals surface area (Å²) >= 11 is 0. The molecule has 28 nitrogen and oxygen atoms in total. The van der Waals surface area contributed by atoms with Gasteiger partial charge in [0, 0.05) is 83.1 Å². The van der Waals surface area contributed by atoms with Gasteiger partial charge in [-0.25, -0.2) is 13.7 Å². The zero-order valence-corrected chi connectivity index (χ0v) is 57.2. The lowest BCUT2D eigenvalue weighted by molar-refractivity contribution is -0.126. The molecule has 0 bridgehead atoms. The zero-order valence-electron chi connectivity index (χ0n) is 54.5. The van der Waals surface area contributed by atoms with Crippen LogP contribution in [0.25, 0.3) is 21.3 Å². The van der Waals surface area contributed by atoms with Crippen LogP contribution in [0.15, 0.2) is 119 Å². The number of nitrogens with two attached hydrogens (primary N) is 1. The second kappa shape index (κ2) is 32.6. The Balaban J connectivity index is 0.715. The van der Waals surface area contributed by atoms with Crippen molar-refractivity contribution in [1.29, 1.82) is 0 Å². The Morgan fingerprint density at radius 3 is 2.39 bits per heavy atom. The number of pyridine rings is 1. The molecule has 0 aliphatic carbocycles. The van der Waals surface area contributed by atoms with Crippen molar-refractivity contribution in [1.82, 2.24) is 20.2 Å². The zero-order chi connectivity index (χ0) is 69.6. The Morgan fingerprint density at radius 2 is 1.65 bits per heavy atom. The van der Waals surface area contributed by atoms with Crippen LogP contribution < -0.4 is 36.5 Å². The topological polar surface area (TPSA) is 391 Å². The smallest absolute Gasteiger partial charge is 0.490 e. The van der Waals surface area contributed by atoms with E-state index in [0.29, 0.717) is 42.6 Å². The van der Waals surface area contributed by atoms with E-state index in [4.69, 9.17) is 39.0 Å². The molecule has 2 amide bonds. The highest BCUT2D eigenvalue weighted by molar-refractivity contribution is 7.66. The van der Waals surface area contributed by atoms with Crippen molar-refractivity contribution in [3.63, 3.8) is 0 Å². The second-order valence-corrected chi connectivity index (χ2v) is 28.8. The highest BCUT2D eigenvalue weighted by Gasteiger charge is 2.44. The van der Waals surface area contributed by atoms with Crippen molar-refractivity contribution >= 4 is 69.2 Å². The van der Waals surface area contributed by atoms with E-state index >= 15 is 0 Å². The molecular weight excluding hydrogens is 1300 g/mol. The molecule has 9 N–H and O–H groups in total. The van der Waals surface area contributed by atoms with Crippen LogP contribution in [-0.4, -0.2) is 124 Å². The lowest BCUT2D eigenvalue weighted by Gasteiger charge is -2.31. The predicted octanol–water partition coefficient (Wildman–Crippen LogP) is 10.00. The fraction of sp³-hybridized carbons (Fsp3) is 0.446. The van der Waals surface area contributed by atoms with Crippen LogP contribution in [0, 0.1) is 25.7 Å². The summed E-state index contributed by atoms with van der Waals surface area (Å²) in [7, 11) is -16.7. The molecule has 8 rings (SSSR count). The van der Waals surface area contributed by atoms with Gasteiger partial charge >= 0.3 is 23.5 Å². The summed E-state index contributed by atoms with van der Waals surface area (Å²) in [6, 6.07) is 21.5. The maximum Gasteiger partial charge on any atom is 0.490 e. The van der Waals surface area contributed by atoms with Crippen molar-refractivity contribution in [3.8, 4) is 17.6 Å². The van der Waals surface area contributed by atoms with Crippen LogP contribution in [0.2, 0.25) is 0 Å². The number of fused-ring (bicyclic) bond motifs is 3.